The van der Waals surface area contributed by atoms with Crippen molar-refractivity contribution in [1.82, 2.24) is 5.32 Å². The molecule has 1 aliphatic rings. The van der Waals surface area contributed by atoms with Crippen LogP contribution in [0.5, 0.6) is 0 Å². The molecule has 0 aliphatic heterocycles. The van der Waals surface area contributed by atoms with Gasteiger partial charge in [0.15, 0.2) is 0 Å². The maximum atomic E-state index is 11.7. The van der Waals surface area contributed by atoms with E-state index in [9.17, 15) is 4.79 Å². The van der Waals surface area contributed by atoms with Crippen LogP contribution in [0.1, 0.15) is 43.7 Å². The van der Waals surface area contributed by atoms with Crippen LogP contribution < -0.4 is 11.1 Å². The van der Waals surface area contributed by atoms with Gasteiger partial charge in [-0.3, -0.25) is 0 Å². The van der Waals surface area contributed by atoms with Crippen molar-refractivity contribution in [3.8, 4) is 0 Å². The van der Waals surface area contributed by atoms with Crippen LogP contribution in [0.15, 0.2) is 30.3 Å². The van der Waals surface area contributed by atoms with Gasteiger partial charge in [0, 0.05) is 6.04 Å². The number of hydrogen-bond acceptors (Lipinski definition) is 3. The first-order chi connectivity index (χ1) is 9.25. The number of nitrogens with one attached hydrogen (secondary N) is 1. The summed E-state index contributed by atoms with van der Waals surface area (Å²) >= 11 is 0. The monoisotopic (exact) mass is 262 g/mol. The summed E-state index contributed by atoms with van der Waals surface area (Å²) in [6, 6.07) is 9.68. The highest BCUT2D eigenvalue weighted by molar-refractivity contribution is 5.67. The summed E-state index contributed by atoms with van der Waals surface area (Å²) in [6.45, 7) is 0.211. The summed E-state index contributed by atoms with van der Waals surface area (Å²) in [5.41, 5.74) is 6.95. The minimum atomic E-state index is -0.349. The van der Waals surface area contributed by atoms with Crippen molar-refractivity contribution in [2.75, 3.05) is 6.61 Å². The predicted molar refractivity (Wildman–Crippen MR) is 74.7 cm³/mol. The van der Waals surface area contributed by atoms with Crippen LogP contribution in [-0.4, -0.2) is 18.7 Å². The van der Waals surface area contributed by atoms with Crippen molar-refractivity contribution < 1.29 is 9.53 Å². The molecule has 0 heterocycles. The number of ether oxygens (including phenoxy) is 1. The quantitative estimate of drug-likeness (QED) is 0.877. The molecular formula is C15H22N2O2. The second kappa shape index (κ2) is 7.14. The fourth-order valence-electron chi connectivity index (χ4n) is 2.42. The highest BCUT2D eigenvalue weighted by atomic mass is 16.5. The minimum Gasteiger partial charge on any atom is -0.448 e. The Labute approximate surface area is 114 Å². The maximum Gasteiger partial charge on any atom is 0.407 e. The van der Waals surface area contributed by atoms with E-state index in [-0.39, 0.29) is 24.8 Å². The van der Waals surface area contributed by atoms with Crippen LogP contribution in [0, 0.1) is 0 Å². The molecule has 4 nitrogen and oxygen atoms in total. The number of rotatable bonds is 4. The summed E-state index contributed by atoms with van der Waals surface area (Å²) in [5.74, 6) is 0. The molecule has 1 aliphatic carbocycles. The highest BCUT2D eigenvalue weighted by Gasteiger charge is 2.17. The first-order valence-electron chi connectivity index (χ1n) is 6.99. The van der Waals surface area contributed by atoms with Gasteiger partial charge >= 0.3 is 6.09 Å². The zero-order valence-corrected chi connectivity index (χ0v) is 11.2. The van der Waals surface area contributed by atoms with Gasteiger partial charge in [0.25, 0.3) is 0 Å². The first kappa shape index (κ1) is 13.9. The fourth-order valence-corrected chi connectivity index (χ4v) is 2.42. The summed E-state index contributed by atoms with van der Waals surface area (Å²) in [4.78, 5) is 11.7. The van der Waals surface area contributed by atoms with Crippen molar-refractivity contribution in [2.24, 2.45) is 5.73 Å². The average molecular weight is 262 g/mol. The molecule has 1 amide bonds. The van der Waals surface area contributed by atoms with Crippen molar-refractivity contribution in [3.05, 3.63) is 35.9 Å². The summed E-state index contributed by atoms with van der Waals surface area (Å²) < 4.78 is 5.19. The summed E-state index contributed by atoms with van der Waals surface area (Å²) in [5, 5.41) is 2.91. The average Bonchev–Trinajstić information content (AvgIpc) is 2.47. The molecule has 1 saturated carbocycles. The first-order valence-corrected chi connectivity index (χ1v) is 6.99. The molecular weight excluding hydrogens is 240 g/mol. The molecule has 0 spiro atoms. The molecule has 19 heavy (non-hydrogen) atoms. The van der Waals surface area contributed by atoms with E-state index in [0.29, 0.717) is 0 Å². The van der Waals surface area contributed by atoms with Crippen LogP contribution in [0.25, 0.3) is 0 Å². The van der Waals surface area contributed by atoms with Crippen LogP contribution in [0.4, 0.5) is 4.79 Å². The van der Waals surface area contributed by atoms with E-state index in [4.69, 9.17) is 10.5 Å². The van der Waals surface area contributed by atoms with Crippen molar-refractivity contribution in [3.63, 3.8) is 0 Å². The molecule has 0 aromatic heterocycles. The van der Waals surface area contributed by atoms with Gasteiger partial charge in [0.05, 0.1) is 6.04 Å². The number of nitrogens with two attached hydrogens (primary N) is 1. The van der Waals surface area contributed by atoms with Gasteiger partial charge in [-0.25, -0.2) is 4.79 Å². The molecule has 4 heteroatoms. The van der Waals surface area contributed by atoms with E-state index in [2.05, 4.69) is 5.32 Å². The lowest BCUT2D eigenvalue weighted by atomic mass is 9.96. The van der Waals surface area contributed by atoms with Crippen LogP contribution in [-0.2, 0) is 4.74 Å². The minimum absolute atomic E-state index is 0.211. The van der Waals surface area contributed by atoms with E-state index in [1.54, 1.807) is 0 Å². The van der Waals surface area contributed by atoms with E-state index in [1.165, 1.54) is 19.3 Å². The van der Waals surface area contributed by atoms with E-state index < -0.39 is 0 Å². The lowest BCUT2D eigenvalue weighted by Gasteiger charge is -2.22. The number of carbonyl (C=O) groups excluding carboxylic acids is 1. The molecule has 0 bridgehead atoms. The standard InChI is InChI=1S/C15H22N2O2/c16-14(12-7-3-1-4-8-12)11-19-15(18)17-13-9-5-2-6-10-13/h1,3-4,7-8,13-14H,2,5-6,9-11,16H2,(H,17,18)/t14-/m1/s1. The Morgan fingerprint density at radius 3 is 2.63 bits per heavy atom. The molecule has 2 rings (SSSR count). The van der Waals surface area contributed by atoms with Gasteiger partial charge < -0.3 is 15.8 Å². The maximum absolute atomic E-state index is 11.7. The Kier molecular flexibility index (Phi) is 5.21. The highest BCUT2D eigenvalue weighted by Crippen LogP contribution is 2.17. The number of carbonyl (C=O) groups is 1. The van der Waals surface area contributed by atoms with Crippen molar-refractivity contribution >= 4 is 6.09 Å². The van der Waals surface area contributed by atoms with Crippen LogP contribution in [0.2, 0.25) is 0 Å². The molecule has 1 aromatic carbocycles. The van der Waals surface area contributed by atoms with E-state index in [1.807, 2.05) is 30.3 Å². The Morgan fingerprint density at radius 1 is 1.26 bits per heavy atom. The Hall–Kier alpha value is -1.55. The third-order valence-corrected chi connectivity index (χ3v) is 3.55. The number of alkyl carbamates (subject to hydrolysis) is 1. The normalized spacial score (nSPS) is 17.7. The molecule has 104 valence electrons. The number of benzene rings is 1. The van der Waals surface area contributed by atoms with Crippen LogP contribution in [0.3, 0.4) is 0 Å². The zero-order valence-electron chi connectivity index (χ0n) is 11.2. The molecule has 0 radical (unpaired) electrons. The van der Waals surface area contributed by atoms with Gasteiger partial charge in [-0.1, -0.05) is 49.6 Å². The van der Waals surface area contributed by atoms with Crippen molar-refractivity contribution in [1.29, 1.82) is 0 Å². The fraction of sp³-hybridized carbons (Fsp3) is 0.533. The van der Waals surface area contributed by atoms with Gasteiger partial charge in [-0.15, -0.1) is 0 Å². The molecule has 3 N–H and O–H groups in total. The predicted octanol–water partition coefficient (Wildman–Crippen LogP) is 2.75. The molecule has 0 unspecified atom stereocenters. The van der Waals surface area contributed by atoms with Crippen LogP contribution >= 0.6 is 0 Å². The summed E-state index contributed by atoms with van der Waals surface area (Å²) in [6.07, 6.45) is 5.41. The third-order valence-electron chi connectivity index (χ3n) is 3.55. The lowest BCUT2D eigenvalue weighted by molar-refractivity contribution is 0.133. The third kappa shape index (κ3) is 4.56. The lowest BCUT2D eigenvalue weighted by Crippen LogP contribution is -2.37. The number of hydrogen-bond donors (Lipinski definition) is 2. The van der Waals surface area contributed by atoms with Gasteiger partial charge in [0.2, 0.25) is 0 Å². The van der Waals surface area contributed by atoms with Gasteiger partial charge in [-0.2, -0.15) is 0 Å². The Morgan fingerprint density at radius 2 is 1.95 bits per heavy atom. The van der Waals surface area contributed by atoms with Crippen molar-refractivity contribution in [2.45, 2.75) is 44.2 Å². The largest absolute Gasteiger partial charge is 0.448 e. The van der Waals surface area contributed by atoms with E-state index in [0.717, 1.165) is 18.4 Å². The smallest absolute Gasteiger partial charge is 0.407 e. The second-order valence-electron chi connectivity index (χ2n) is 5.09. The molecule has 1 aromatic rings. The van der Waals surface area contributed by atoms with Gasteiger partial charge in [0.1, 0.15) is 6.61 Å². The second-order valence-corrected chi connectivity index (χ2v) is 5.09. The summed E-state index contributed by atoms with van der Waals surface area (Å²) in [7, 11) is 0. The number of amides is 1. The Bertz CT molecular complexity index is 388. The Balaban J connectivity index is 1.71. The van der Waals surface area contributed by atoms with Gasteiger partial charge in [-0.05, 0) is 18.4 Å². The topological polar surface area (TPSA) is 64.3 Å². The zero-order chi connectivity index (χ0) is 13.5. The van der Waals surface area contributed by atoms with E-state index >= 15 is 0 Å². The molecule has 1 fully saturated rings. The SMILES string of the molecule is N[C@H](COC(=O)NC1CCCCC1)c1ccccc1. The molecule has 1 atom stereocenters. The molecule has 0 saturated heterocycles.